The van der Waals surface area contributed by atoms with E-state index in [1.54, 1.807) is 23.2 Å². The van der Waals surface area contributed by atoms with Crippen molar-refractivity contribution in [3.8, 4) is 11.5 Å². The first kappa shape index (κ1) is 28.3. The normalized spacial score (nSPS) is 13.8. The lowest BCUT2D eigenvalue weighted by Gasteiger charge is -2.27. The van der Waals surface area contributed by atoms with Gasteiger partial charge in [0.25, 0.3) is 11.5 Å². The van der Waals surface area contributed by atoms with Crippen molar-refractivity contribution in [3.63, 3.8) is 0 Å². The molecule has 0 atom stereocenters. The summed E-state index contributed by atoms with van der Waals surface area (Å²) >= 11 is 6.98. The second kappa shape index (κ2) is 13.3. The molecule has 0 saturated carbocycles. The number of aryl methyl sites for hydroxylation is 1. The predicted octanol–water partition coefficient (Wildman–Crippen LogP) is 4.78. The van der Waals surface area contributed by atoms with Gasteiger partial charge < -0.3 is 19.1 Å². The molecule has 1 aliphatic heterocycles. The number of nitrogens with zero attached hydrogens (tertiary/aromatic N) is 4. The van der Waals surface area contributed by atoms with E-state index in [4.69, 9.17) is 19.2 Å². The first-order valence-corrected chi connectivity index (χ1v) is 14.2. The zero-order valence-electron chi connectivity index (χ0n) is 21.4. The summed E-state index contributed by atoms with van der Waals surface area (Å²) < 4.78 is 19.8. The van der Waals surface area contributed by atoms with Gasteiger partial charge in [-0.1, -0.05) is 29.3 Å². The summed E-state index contributed by atoms with van der Waals surface area (Å²) in [4.78, 5) is 32.3. The van der Waals surface area contributed by atoms with Crippen LogP contribution in [0.1, 0.15) is 38.1 Å². The number of fused-ring (bicyclic) bond motifs is 1. The molecule has 202 valence electrons. The number of carbonyl (C=O) groups is 1. The number of rotatable bonds is 10. The molecule has 1 aromatic heterocycles. The Morgan fingerprint density at radius 3 is 2.68 bits per heavy atom. The Balaban J connectivity index is 1.63. The van der Waals surface area contributed by atoms with Crippen molar-refractivity contribution in [1.82, 2.24) is 14.6 Å². The van der Waals surface area contributed by atoms with Crippen LogP contribution in [-0.2, 0) is 16.0 Å². The number of amides is 1. The SMILES string of the molecule is CCCCc1nc2ccc(Br)cc2c(=O)n1N=Cc1cc(Br)c(OCC(=O)N2CCOCC2)c(OCC)c1. The molecule has 2 aromatic carbocycles. The van der Waals surface area contributed by atoms with E-state index in [0.717, 1.165) is 17.3 Å². The van der Waals surface area contributed by atoms with Crippen LogP contribution in [0.25, 0.3) is 10.9 Å². The number of hydrogen-bond donors (Lipinski definition) is 0. The third-order valence-corrected chi connectivity index (χ3v) is 7.07. The van der Waals surface area contributed by atoms with E-state index in [1.165, 1.54) is 4.68 Å². The number of morpholine rings is 1. The van der Waals surface area contributed by atoms with Crippen LogP contribution < -0.4 is 15.0 Å². The lowest BCUT2D eigenvalue weighted by atomic mass is 10.2. The third-order valence-electron chi connectivity index (χ3n) is 5.99. The fourth-order valence-electron chi connectivity index (χ4n) is 4.04. The molecule has 4 rings (SSSR count). The van der Waals surface area contributed by atoms with Crippen LogP contribution in [-0.4, -0.2) is 66.2 Å². The number of hydrogen-bond acceptors (Lipinski definition) is 7. The number of ether oxygens (including phenoxy) is 3. The van der Waals surface area contributed by atoms with Crippen LogP contribution in [0.15, 0.2) is 49.2 Å². The molecule has 3 aromatic rings. The van der Waals surface area contributed by atoms with Gasteiger partial charge in [-0.2, -0.15) is 9.78 Å². The molecule has 2 heterocycles. The van der Waals surface area contributed by atoms with E-state index in [0.29, 0.717) is 77.6 Å². The van der Waals surface area contributed by atoms with Crippen molar-refractivity contribution in [3.05, 3.63) is 61.0 Å². The average molecular weight is 650 g/mol. The van der Waals surface area contributed by atoms with Crippen LogP contribution in [0, 0.1) is 0 Å². The number of unbranched alkanes of at least 4 members (excludes halogenated alkanes) is 1. The summed E-state index contributed by atoms with van der Waals surface area (Å²) in [6.07, 6.45) is 4.09. The van der Waals surface area contributed by atoms with Gasteiger partial charge >= 0.3 is 0 Å². The van der Waals surface area contributed by atoms with Gasteiger partial charge in [-0.25, -0.2) is 4.98 Å². The van der Waals surface area contributed by atoms with Crippen molar-refractivity contribution >= 4 is 54.9 Å². The minimum absolute atomic E-state index is 0.109. The van der Waals surface area contributed by atoms with Crippen molar-refractivity contribution in [2.45, 2.75) is 33.1 Å². The maximum Gasteiger partial charge on any atom is 0.282 e. The number of halogens is 2. The van der Waals surface area contributed by atoms with Crippen LogP contribution >= 0.6 is 31.9 Å². The molecule has 0 radical (unpaired) electrons. The highest BCUT2D eigenvalue weighted by Gasteiger charge is 2.20. The minimum Gasteiger partial charge on any atom is -0.490 e. The Hall–Kier alpha value is -2.76. The predicted molar refractivity (Wildman–Crippen MR) is 154 cm³/mol. The summed E-state index contributed by atoms with van der Waals surface area (Å²) in [6.45, 7) is 6.42. The van der Waals surface area contributed by atoms with Crippen molar-refractivity contribution in [1.29, 1.82) is 0 Å². The zero-order valence-corrected chi connectivity index (χ0v) is 24.6. The summed E-state index contributed by atoms with van der Waals surface area (Å²) in [5.74, 6) is 1.40. The molecule has 38 heavy (non-hydrogen) atoms. The molecule has 0 unspecified atom stereocenters. The molecule has 0 spiro atoms. The van der Waals surface area contributed by atoms with Gasteiger partial charge in [0.05, 0.1) is 41.4 Å². The summed E-state index contributed by atoms with van der Waals surface area (Å²) in [5, 5.41) is 5.02. The highest BCUT2D eigenvalue weighted by molar-refractivity contribution is 9.10. The van der Waals surface area contributed by atoms with E-state index >= 15 is 0 Å². The van der Waals surface area contributed by atoms with E-state index in [9.17, 15) is 9.59 Å². The molecular weight excluding hydrogens is 620 g/mol. The summed E-state index contributed by atoms with van der Waals surface area (Å²) in [7, 11) is 0. The molecular formula is C27H30Br2N4O5. The second-order valence-corrected chi connectivity index (χ2v) is 10.5. The van der Waals surface area contributed by atoms with Crippen LogP contribution in [0.4, 0.5) is 0 Å². The zero-order chi connectivity index (χ0) is 27.1. The fourth-order valence-corrected chi connectivity index (χ4v) is 4.97. The molecule has 0 N–H and O–H groups in total. The highest BCUT2D eigenvalue weighted by atomic mass is 79.9. The standard InChI is InChI=1S/C27H30Br2N4O5/c1-3-5-6-24-31-22-8-7-19(28)15-20(22)27(35)33(24)30-16-18-13-21(29)26(23(14-18)37-4-2)38-17-25(34)32-9-11-36-12-10-32/h7-8,13-16H,3-6,9-12,17H2,1-2H3. The number of aromatic nitrogens is 2. The Kier molecular flexibility index (Phi) is 9.92. The van der Waals surface area contributed by atoms with Gasteiger partial charge in [0, 0.05) is 24.0 Å². The molecule has 0 aliphatic carbocycles. The quantitative estimate of drug-likeness (QED) is 0.294. The average Bonchev–Trinajstić information content (AvgIpc) is 2.92. The van der Waals surface area contributed by atoms with Crippen molar-refractivity contribution in [2.75, 3.05) is 39.5 Å². The van der Waals surface area contributed by atoms with Crippen molar-refractivity contribution in [2.24, 2.45) is 5.10 Å². The van der Waals surface area contributed by atoms with Gasteiger partial charge in [0.2, 0.25) is 0 Å². The molecule has 1 aliphatic rings. The molecule has 1 fully saturated rings. The van der Waals surface area contributed by atoms with Crippen LogP contribution in [0.2, 0.25) is 0 Å². The molecule has 9 nitrogen and oxygen atoms in total. The van der Waals surface area contributed by atoms with Crippen molar-refractivity contribution < 1.29 is 19.0 Å². The van der Waals surface area contributed by atoms with Gasteiger partial charge in [0.15, 0.2) is 18.1 Å². The maximum atomic E-state index is 13.3. The monoisotopic (exact) mass is 648 g/mol. The van der Waals surface area contributed by atoms with Crippen LogP contribution in [0.5, 0.6) is 11.5 Å². The molecule has 1 amide bonds. The Morgan fingerprint density at radius 1 is 1.16 bits per heavy atom. The minimum atomic E-state index is -0.232. The van der Waals surface area contributed by atoms with E-state index in [-0.39, 0.29) is 18.1 Å². The van der Waals surface area contributed by atoms with Gasteiger partial charge in [-0.05, 0) is 65.2 Å². The highest BCUT2D eigenvalue weighted by Crippen LogP contribution is 2.36. The lowest BCUT2D eigenvalue weighted by molar-refractivity contribution is -0.137. The largest absolute Gasteiger partial charge is 0.490 e. The smallest absolute Gasteiger partial charge is 0.282 e. The Morgan fingerprint density at radius 2 is 1.95 bits per heavy atom. The summed E-state index contributed by atoms with van der Waals surface area (Å²) in [6, 6.07) is 9.04. The second-order valence-electron chi connectivity index (χ2n) is 8.70. The number of benzene rings is 2. The Bertz CT molecular complexity index is 1390. The van der Waals surface area contributed by atoms with Gasteiger partial charge in [-0.15, -0.1) is 0 Å². The number of carbonyl (C=O) groups excluding carboxylic acids is 1. The first-order chi connectivity index (χ1) is 18.4. The Labute approximate surface area is 238 Å². The topological polar surface area (TPSA) is 95.3 Å². The molecule has 1 saturated heterocycles. The van der Waals surface area contributed by atoms with Crippen LogP contribution in [0.3, 0.4) is 0 Å². The first-order valence-electron chi connectivity index (χ1n) is 12.6. The van der Waals surface area contributed by atoms with E-state index < -0.39 is 0 Å². The molecule has 0 bridgehead atoms. The molecule has 11 heteroatoms. The van der Waals surface area contributed by atoms with Gasteiger partial charge in [0.1, 0.15) is 5.82 Å². The third kappa shape index (κ3) is 6.81. The van der Waals surface area contributed by atoms with E-state index in [2.05, 4.69) is 43.9 Å². The summed E-state index contributed by atoms with van der Waals surface area (Å²) in [5.41, 5.74) is 1.10. The van der Waals surface area contributed by atoms with Gasteiger partial charge in [-0.3, -0.25) is 9.59 Å². The lowest BCUT2D eigenvalue weighted by Crippen LogP contribution is -2.43. The fraction of sp³-hybridized carbons (Fsp3) is 0.407. The van der Waals surface area contributed by atoms with E-state index in [1.807, 2.05) is 25.1 Å². The maximum absolute atomic E-state index is 13.3.